The smallest absolute Gasteiger partial charge is 0.251 e. The highest BCUT2D eigenvalue weighted by Crippen LogP contribution is 2.25. The largest absolute Gasteiger partial charge is 0.497 e. The molecule has 3 aromatic rings. The molecule has 7 heteroatoms. The van der Waals surface area contributed by atoms with Gasteiger partial charge in [0.15, 0.2) is 0 Å². The summed E-state index contributed by atoms with van der Waals surface area (Å²) in [6.07, 6.45) is 2.45. The predicted molar refractivity (Wildman–Crippen MR) is 157 cm³/mol. The number of hydrogen-bond acceptors (Lipinski definition) is 6. The lowest BCUT2D eigenvalue weighted by molar-refractivity contribution is 0.0929. The molecule has 0 saturated heterocycles. The second kappa shape index (κ2) is 15.8. The molecule has 0 saturated carbocycles. The highest BCUT2D eigenvalue weighted by atomic mass is 16.5. The summed E-state index contributed by atoms with van der Waals surface area (Å²) in [5.41, 5.74) is 9.36. The van der Waals surface area contributed by atoms with E-state index in [0.717, 1.165) is 29.7 Å². The summed E-state index contributed by atoms with van der Waals surface area (Å²) < 4.78 is 17.2. The number of methoxy groups -OCH3 is 1. The molecule has 0 aromatic heterocycles. The average molecular weight is 534 g/mol. The van der Waals surface area contributed by atoms with Gasteiger partial charge in [0.1, 0.15) is 17.2 Å². The summed E-state index contributed by atoms with van der Waals surface area (Å²) in [5, 5.41) is 6.62. The van der Waals surface area contributed by atoms with Gasteiger partial charge in [-0.1, -0.05) is 56.3 Å². The summed E-state index contributed by atoms with van der Waals surface area (Å²) in [6, 6.07) is 22.7. The van der Waals surface area contributed by atoms with Crippen molar-refractivity contribution in [1.82, 2.24) is 10.6 Å². The number of carbonyl (C=O) groups excluding carboxylic acids is 1. The van der Waals surface area contributed by atoms with Gasteiger partial charge in [0.2, 0.25) is 0 Å². The molecule has 3 rings (SSSR count). The molecule has 2 atom stereocenters. The lowest BCUT2D eigenvalue weighted by Gasteiger charge is -2.26. The first-order valence-corrected chi connectivity index (χ1v) is 13.8. The molecule has 4 N–H and O–H groups in total. The molecule has 3 aromatic carbocycles. The standard InChI is InChI=1S/C32H43N3O4/c1-5-26(6-2)39-29-19-25(18-28(20-29)38-7-3)32(36)35-31(17-23-12-9-8-10-13-23)30(33)22-34-21-24-14-11-15-27(16-24)37-4/h8-16,18-20,26,30-31,34H,5-7,17,21-22,33H2,1-4H3,(H,35,36)/t30?,31-/m0/s1. The quantitative estimate of drug-likeness (QED) is 0.237. The Bertz CT molecular complexity index is 1150. The van der Waals surface area contributed by atoms with Crippen LogP contribution in [0.25, 0.3) is 0 Å². The van der Waals surface area contributed by atoms with Gasteiger partial charge in [0.25, 0.3) is 5.91 Å². The van der Waals surface area contributed by atoms with Crippen LogP contribution in [0.3, 0.4) is 0 Å². The van der Waals surface area contributed by atoms with Crippen molar-refractivity contribution in [2.75, 3.05) is 20.3 Å². The monoisotopic (exact) mass is 533 g/mol. The van der Waals surface area contributed by atoms with Gasteiger partial charge in [0.05, 0.1) is 19.8 Å². The van der Waals surface area contributed by atoms with Crippen LogP contribution in [0.4, 0.5) is 0 Å². The molecule has 0 aliphatic rings. The Hall–Kier alpha value is -3.55. The van der Waals surface area contributed by atoms with E-state index in [1.54, 1.807) is 19.2 Å². The van der Waals surface area contributed by atoms with Crippen LogP contribution in [0, 0.1) is 0 Å². The minimum absolute atomic E-state index is 0.0766. The van der Waals surface area contributed by atoms with E-state index in [4.69, 9.17) is 19.9 Å². The molecule has 7 nitrogen and oxygen atoms in total. The number of hydrogen-bond donors (Lipinski definition) is 3. The van der Waals surface area contributed by atoms with E-state index < -0.39 is 0 Å². The van der Waals surface area contributed by atoms with Crippen LogP contribution in [0.2, 0.25) is 0 Å². The van der Waals surface area contributed by atoms with Crippen LogP contribution >= 0.6 is 0 Å². The Morgan fingerprint density at radius 3 is 2.28 bits per heavy atom. The maximum atomic E-state index is 13.5. The first-order valence-electron chi connectivity index (χ1n) is 13.8. The van der Waals surface area contributed by atoms with E-state index in [1.165, 1.54) is 0 Å². The maximum absolute atomic E-state index is 13.5. The van der Waals surface area contributed by atoms with E-state index in [1.807, 2.05) is 67.6 Å². The Balaban J connectivity index is 1.75. The Morgan fingerprint density at radius 1 is 0.872 bits per heavy atom. The summed E-state index contributed by atoms with van der Waals surface area (Å²) in [5.74, 6) is 1.84. The highest BCUT2D eigenvalue weighted by Gasteiger charge is 2.22. The third-order valence-corrected chi connectivity index (χ3v) is 6.64. The van der Waals surface area contributed by atoms with Crippen LogP contribution in [0.15, 0.2) is 72.8 Å². The Morgan fingerprint density at radius 2 is 1.59 bits per heavy atom. The molecule has 1 unspecified atom stereocenters. The van der Waals surface area contributed by atoms with Gasteiger partial charge in [-0.15, -0.1) is 0 Å². The van der Waals surface area contributed by atoms with Crippen LogP contribution in [-0.4, -0.2) is 44.4 Å². The molecule has 0 fully saturated rings. The Kier molecular flexibility index (Phi) is 12.1. The second-order valence-electron chi connectivity index (χ2n) is 9.60. The number of nitrogens with one attached hydrogen (secondary N) is 2. The molecule has 0 radical (unpaired) electrons. The van der Waals surface area contributed by atoms with Gasteiger partial charge in [-0.2, -0.15) is 0 Å². The third kappa shape index (κ3) is 9.61. The van der Waals surface area contributed by atoms with Crippen LogP contribution < -0.4 is 30.6 Å². The van der Waals surface area contributed by atoms with Crippen molar-refractivity contribution in [3.63, 3.8) is 0 Å². The highest BCUT2D eigenvalue weighted by molar-refractivity contribution is 5.95. The first kappa shape index (κ1) is 30.0. The van der Waals surface area contributed by atoms with Crippen molar-refractivity contribution in [2.24, 2.45) is 5.73 Å². The fraction of sp³-hybridized carbons (Fsp3) is 0.406. The zero-order valence-electron chi connectivity index (χ0n) is 23.6. The van der Waals surface area contributed by atoms with E-state index in [2.05, 4.69) is 24.5 Å². The van der Waals surface area contributed by atoms with Gasteiger partial charge in [-0.3, -0.25) is 4.79 Å². The molecule has 0 spiro atoms. The summed E-state index contributed by atoms with van der Waals surface area (Å²) >= 11 is 0. The third-order valence-electron chi connectivity index (χ3n) is 6.64. The summed E-state index contributed by atoms with van der Waals surface area (Å²) in [7, 11) is 1.66. The minimum Gasteiger partial charge on any atom is -0.497 e. The fourth-order valence-corrected chi connectivity index (χ4v) is 4.41. The molecule has 0 aliphatic carbocycles. The van der Waals surface area contributed by atoms with Crippen molar-refractivity contribution >= 4 is 5.91 Å². The molecule has 0 bridgehead atoms. The molecule has 39 heavy (non-hydrogen) atoms. The van der Waals surface area contributed by atoms with Crippen molar-refractivity contribution < 1.29 is 19.0 Å². The van der Waals surface area contributed by atoms with Gasteiger partial charge in [-0.05, 0) is 61.6 Å². The molecule has 0 heterocycles. The van der Waals surface area contributed by atoms with Gasteiger partial charge < -0.3 is 30.6 Å². The van der Waals surface area contributed by atoms with Crippen LogP contribution in [0.1, 0.15) is 55.1 Å². The second-order valence-corrected chi connectivity index (χ2v) is 9.60. The van der Waals surface area contributed by atoms with Gasteiger partial charge in [0, 0.05) is 36.8 Å². The summed E-state index contributed by atoms with van der Waals surface area (Å²) in [6.45, 7) is 7.76. The topological polar surface area (TPSA) is 94.8 Å². The minimum atomic E-state index is -0.324. The molecular formula is C32H43N3O4. The summed E-state index contributed by atoms with van der Waals surface area (Å²) in [4.78, 5) is 13.5. The van der Waals surface area contributed by atoms with Crippen LogP contribution in [-0.2, 0) is 13.0 Å². The van der Waals surface area contributed by atoms with E-state index in [-0.39, 0.29) is 24.1 Å². The first-order chi connectivity index (χ1) is 18.9. The van der Waals surface area contributed by atoms with Gasteiger partial charge >= 0.3 is 0 Å². The fourth-order valence-electron chi connectivity index (χ4n) is 4.41. The van der Waals surface area contributed by atoms with E-state index in [9.17, 15) is 4.79 Å². The molecular weight excluding hydrogens is 490 g/mol. The molecule has 0 aliphatic heterocycles. The Labute approximate surface area is 233 Å². The number of rotatable bonds is 16. The number of nitrogens with two attached hydrogens (primary N) is 1. The number of ether oxygens (including phenoxy) is 3. The van der Waals surface area contributed by atoms with Crippen molar-refractivity contribution in [3.05, 3.63) is 89.5 Å². The number of carbonyl (C=O) groups is 1. The van der Waals surface area contributed by atoms with E-state index in [0.29, 0.717) is 43.2 Å². The average Bonchev–Trinajstić information content (AvgIpc) is 2.96. The predicted octanol–water partition coefficient (Wildman–Crippen LogP) is 5.12. The van der Waals surface area contributed by atoms with Crippen LogP contribution in [0.5, 0.6) is 17.2 Å². The van der Waals surface area contributed by atoms with Crippen molar-refractivity contribution in [1.29, 1.82) is 0 Å². The zero-order chi connectivity index (χ0) is 28.0. The van der Waals surface area contributed by atoms with Crippen molar-refractivity contribution in [3.8, 4) is 17.2 Å². The van der Waals surface area contributed by atoms with Crippen molar-refractivity contribution in [2.45, 2.75) is 64.8 Å². The SMILES string of the molecule is CCOc1cc(OC(CC)CC)cc(C(=O)N[C@@H](Cc2ccccc2)C(N)CNCc2cccc(OC)c2)c1. The number of amides is 1. The van der Waals surface area contributed by atoms with Gasteiger partial charge in [-0.25, -0.2) is 0 Å². The maximum Gasteiger partial charge on any atom is 0.251 e. The zero-order valence-corrected chi connectivity index (χ0v) is 23.6. The molecule has 1 amide bonds. The molecule has 210 valence electrons. The normalized spacial score (nSPS) is 12.6. The lowest BCUT2D eigenvalue weighted by Crippen LogP contribution is -2.53. The van der Waals surface area contributed by atoms with E-state index >= 15 is 0 Å². The number of benzene rings is 3. The lowest BCUT2D eigenvalue weighted by atomic mass is 9.99.